The molecule has 3 aromatic rings. The number of likely N-dealkylation sites (tertiary alicyclic amines) is 1. The second-order valence-electron chi connectivity index (χ2n) is 6.89. The fourth-order valence-corrected chi connectivity index (χ4v) is 3.78. The molecule has 0 aliphatic carbocycles. The predicted octanol–water partition coefficient (Wildman–Crippen LogP) is 1.15. The van der Waals surface area contributed by atoms with Crippen molar-refractivity contribution in [3.8, 4) is 0 Å². The monoisotopic (exact) mass is 353 g/mol. The molecule has 1 N–H and O–H groups in total. The van der Waals surface area contributed by atoms with Gasteiger partial charge in [-0.1, -0.05) is 11.3 Å². The lowest BCUT2D eigenvalue weighted by Crippen LogP contribution is -2.49. The van der Waals surface area contributed by atoms with Crippen LogP contribution in [0.25, 0.3) is 11.0 Å². The van der Waals surface area contributed by atoms with Gasteiger partial charge in [0.05, 0.1) is 17.3 Å². The number of aryl methyl sites for hydroxylation is 2. The van der Waals surface area contributed by atoms with Gasteiger partial charge in [0.2, 0.25) is 5.91 Å². The first-order valence-corrected chi connectivity index (χ1v) is 8.80. The molecule has 1 aromatic carbocycles. The van der Waals surface area contributed by atoms with Crippen molar-refractivity contribution < 1.29 is 4.79 Å². The Labute approximate surface area is 151 Å². The SMILES string of the molecule is CN1C(=O)CC[C@@H](NCc2ccc3c(c2)nnn3C)[C@@H]1c1ccnn1C. The molecule has 8 heteroatoms. The van der Waals surface area contributed by atoms with Gasteiger partial charge in [-0.2, -0.15) is 5.10 Å². The number of carbonyl (C=O) groups is 1. The normalized spacial score (nSPS) is 20.9. The van der Waals surface area contributed by atoms with Crippen LogP contribution in [0, 0.1) is 0 Å². The van der Waals surface area contributed by atoms with Gasteiger partial charge in [-0.25, -0.2) is 4.68 Å². The summed E-state index contributed by atoms with van der Waals surface area (Å²) in [6.07, 6.45) is 3.15. The molecule has 3 heterocycles. The average molecular weight is 353 g/mol. The Morgan fingerprint density at radius 2 is 2.04 bits per heavy atom. The van der Waals surface area contributed by atoms with Crippen LogP contribution in [0.15, 0.2) is 30.5 Å². The van der Waals surface area contributed by atoms with Crippen LogP contribution >= 0.6 is 0 Å². The third-order valence-electron chi connectivity index (χ3n) is 5.27. The second-order valence-corrected chi connectivity index (χ2v) is 6.89. The number of nitrogens with zero attached hydrogens (tertiary/aromatic N) is 6. The van der Waals surface area contributed by atoms with Crippen molar-refractivity contribution in [3.63, 3.8) is 0 Å². The Hall–Kier alpha value is -2.74. The standard InChI is InChI=1S/C18H23N7O/c1-23-17(26)7-5-13(18(23)16-8-9-20-24(16)2)19-11-12-4-6-15-14(10-12)21-22-25(15)3/h4,6,8-10,13,18-19H,5,7,11H2,1-3H3/t13-,18-/m1/s1. The number of nitrogens with one attached hydrogen (secondary N) is 1. The lowest BCUT2D eigenvalue weighted by atomic mass is 9.93. The molecule has 0 radical (unpaired) electrons. The summed E-state index contributed by atoms with van der Waals surface area (Å²) < 4.78 is 3.62. The van der Waals surface area contributed by atoms with Crippen molar-refractivity contribution in [1.29, 1.82) is 0 Å². The number of amides is 1. The highest BCUT2D eigenvalue weighted by Gasteiger charge is 2.35. The quantitative estimate of drug-likeness (QED) is 0.761. The van der Waals surface area contributed by atoms with E-state index >= 15 is 0 Å². The number of carbonyl (C=O) groups excluding carboxylic acids is 1. The maximum absolute atomic E-state index is 12.2. The number of hydrogen-bond donors (Lipinski definition) is 1. The van der Waals surface area contributed by atoms with Crippen molar-refractivity contribution in [3.05, 3.63) is 41.7 Å². The Morgan fingerprint density at radius 3 is 2.81 bits per heavy atom. The van der Waals surface area contributed by atoms with E-state index in [0.717, 1.165) is 28.7 Å². The molecule has 4 rings (SSSR count). The van der Waals surface area contributed by atoms with E-state index in [1.54, 1.807) is 10.9 Å². The summed E-state index contributed by atoms with van der Waals surface area (Å²) in [6.45, 7) is 0.716. The predicted molar refractivity (Wildman–Crippen MR) is 97.1 cm³/mol. The smallest absolute Gasteiger partial charge is 0.222 e. The van der Waals surface area contributed by atoms with Crippen molar-refractivity contribution in [2.45, 2.75) is 31.5 Å². The molecule has 26 heavy (non-hydrogen) atoms. The minimum Gasteiger partial charge on any atom is -0.336 e. The van der Waals surface area contributed by atoms with Crippen molar-refractivity contribution in [1.82, 2.24) is 35.0 Å². The van der Waals surface area contributed by atoms with E-state index in [1.807, 2.05) is 42.9 Å². The van der Waals surface area contributed by atoms with E-state index in [2.05, 4.69) is 32.9 Å². The summed E-state index contributed by atoms with van der Waals surface area (Å²) in [7, 11) is 5.68. The van der Waals surface area contributed by atoms with E-state index in [-0.39, 0.29) is 18.0 Å². The second kappa shape index (κ2) is 6.53. The number of piperidine rings is 1. The molecule has 1 amide bonds. The summed E-state index contributed by atoms with van der Waals surface area (Å²) in [4.78, 5) is 14.1. The van der Waals surface area contributed by atoms with E-state index in [4.69, 9.17) is 0 Å². The summed E-state index contributed by atoms with van der Waals surface area (Å²) >= 11 is 0. The Bertz CT molecular complexity index is 944. The molecule has 1 aliphatic rings. The molecule has 1 aliphatic heterocycles. The number of rotatable bonds is 4. The summed E-state index contributed by atoms with van der Waals surface area (Å²) in [6, 6.07) is 8.33. The molecule has 0 spiro atoms. The van der Waals surface area contributed by atoms with Gasteiger partial charge >= 0.3 is 0 Å². The first-order valence-electron chi connectivity index (χ1n) is 8.80. The molecule has 0 bridgehead atoms. The molecule has 136 valence electrons. The zero-order chi connectivity index (χ0) is 18.3. The van der Waals surface area contributed by atoms with Crippen LogP contribution in [0.1, 0.15) is 30.1 Å². The zero-order valence-corrected chi connectivity index (χ0v) is 15.3. The van der Waals surface area contributed by atoms with Gasteiger partial charge in [-0.3, -0.25) is 9.48 Å². The molecule has 2 atom stereocenters. The molecule has 1 fully saturated rings. The van der Waals surface area contributed by atoms with Crippen LogP contribution in [0.4, 0.5) is 0 Å². The van der Waals surface area contributed by atoms with Gasteiger partial charge in [-0.15, -0.1) is 5.10 Å². The van der Waals surface area contributed by atoms with Gasteiger partial charge in [0.1, 0.15) is 5.52 Å². The average Bonchev–Trinajstić information content (AvgIpc) is 3.22. The summed E-state index contributed by atoms with van der Waals surface area (Å²) in [5, 5.41) is 16.1. The molecule has 2 aromatic heterocycles. The first-order chi connectivity index (χ1) is 12.5. The van der Waals surface area contributed by atoms with Gasteiger partial charge in [0.25, 0.3) is 0 Å². The van der Waals surface area contributed by atoms with Crippen molar-refractivity contribution >= 4 is 16.9 Å². The number of benzene rings is 1. The summed E-state index contributed by atoms with van der Waals surface area (Å²) in [5.41, 5.74) is 4.11. The lowest BCUT2D eigenvalue weighted by molar-refractivity contribution is -0.136. The molecule has 8 nitrogen and oxygen atoms in total. The van der Waals surface area contributed by atoms with Crippen LogP contribution in [0.2, 0.25) is 0 Å². The van der Waals surface area contributed by atoms with E-state index in [1.165, 1.54) is 0 Å². The van der Waals surface area contributed by atoms with Crippen LogP contribution in [0.5, 0.6) is 0 Å². The summed E-state index contributed by atoms with van der Waals surface area (Å²) in [5.74, 6) is 0.176. The topological polar surface area (TPSA) is 80.9 Å². The largest absolute Gasteiger partial charge is 0.336 e. The Morgan fingerprint density at radius 1 is 1.19 bits per heavy atom. The van der Waals surface area contributed by atoms with Gasteiger partial charge in [0, 0.05) is 46.3 Å². The van der Waals surface area contributed by atoms with E-state index in [0.29, 0.717) is 13.0 Å². The van der Waals surface area contributed by atoms with Crippen LogP contribution in [-0.4, -0.2) is 48.7 Å². The van der Waals surface area contributed by atoms with Crippen LogP contribution in [0.3, 0.4) is 0 Å². The molecule has 0 saturated carbocycles. The highest BCUT2D eigenvalue weighted by molar-refractivity contribution is 5.77. The van der Waals surface area contributed by atoms with Crippen molar-refractivity contribution in [2.75, 3.05) is 7.05 Å². The van der Waals surface area contributed by atoms with Crippen molar-refractivity contribution in [2.24, 2.45) is 14.1 Å². The van der Waals surface area contributed by atoms with E-state index in [9.17, 15) is 4.79 Å². The molecule has 1 saturated heterocycles. The van der Waals surface area contributed by atoms with Gasteiger partial charge in [0.15, 0.2) is 0 Å². The Balaban J connectivity index is 1.54. The minimum atomic E-state index is -0.0241. The molecule has 0 unspecified atom stereocenters. The fourth-order valence-electron chi connectivity index (χ4n) is 3.78. The van der Waals surface area contributed by atoms with Crippen LogP contribution < -0.4 is 5.32 Å². The number of aromatic nitrogens is 5. The van der Waals surface area contributed by atoms with Gasteiger partial charge in [-0.05, 0) is 30.2 Å². The third-order valence-corrected chi connectivity index (χ3v) is 5.27. The fraction of sp³-hybridized carbons (Fsp3) is 0.444. The first kappa shape index (κ1) is 16.7. The number of hydrogen-bond acceptors (Lipinski definition) is 5. The Kier molecular flexibility index (Phi) is 4.20. The maximum Gasteiger partial charge on any atom is 0.222 e. The highest BCUT2D eigenvalue weighted by atomic mass is 16.2. The zero-order valence-electron chi connectivity index (χ0n) is 15.3. The molecular formula is C18H23N7O. The third kappa shape index (κ3) is 2.86. The van der Waals surface area contributed by atoms with Crippen LogP contribution in [-0.2, 0) is 25.4 Å². The van der Waals surface area contributed by atoms with E-state index < -0.39 is 0 Å². The molecular weight excluding hydrogens is 330 g/mol. The van der Waals surface area contributed by atoms with Gasteiger partial charge < -0.3 is 10.2 Å². The number of likely N-dealkylation sites (N-methyl/N-ethyl adjacent to an activating group) is 1. The minimum absolute atomic E-state index is 0.0241. The maximum atomic E-state index is 12.2. The lowest BCUT2D eigenvalue weighted by Gasteiger charge is -2.39. The highest BCUT2D eigenvalue weighted by Crippen LogP contribution is 2.30. The number of fused-ring (bicyclic) bond motifs is 1.